The number of anilines is 1. The topological polar surface area (TPSA) is 59.8 Å². The summed E-state index contributed by atoms with van der Waals surface area (Å²) in [6, 6.07) is 10.8. The maximum absolute atomic E-state index is 12.9. The lowest BCUT2D eigenvalue weighted by molar-refractivity contribution is 0.102. The summed E-state index contributed by atoms with van der Waals surface area (Å²) in [6.45, 7) is 0. The monoisotopic (exact) mass is 296 g/mol. The van der Waals surface area contributed by atoms with Crippen LogP contribution in [0.5, 0.6) is 0 Å². The first-order valence-corrected chi connectivity index (χ1v) is 6.65. The van der Waals surface area contributed by atoms with Crippen molar-refractivity contribution in [3.05, 3.63) is 66.2 Å². The maximum Gasteiger partial charge on any atom is 0.256 e. The highest BCUT2D eigenvalue weighted by atomic mass is 19.1. The zero-order chi connectivity index (χ0) is 15.5. The summed E-state index contributed by atoms with van der Waals surface area (Å²) >= 11 is 0. The van der Waals surface area contributed by atoms with Gasteiger partial charge in [-0.2, -0.15) is 5.10 Å². The first-order valence-electron chi connectivity index (χ1n) is 6.65. The lowest BCUT2D eigenvalue weighted by Gasteiger charge is -2.04. The summed E-state index contributed by atoms with van der Waals surface area (Å²) < 4.78 is 14.5. The molecule has 2 aromatic heterocycles. The number of carbonyl (C=O) groups excluding carboxylic acids is 1. The summed E-state index contributed by atoms with van der Waals surface area (Å²) in [5.74, 6) is -0.137. The van der Waals surface area contributed by atoms with Crippen LogP contribution in [-0.2, 0) is 7.05 Å². The van der Waals surface area contributed by atoms with Crippen LogP contribution in [0.25, 0.3) is 11.3 Å². The number of hydrogen-bond acceptors (Lipinski definition) is 3. The minimum atomic E-state index is -0.378. The van der Waals surface area contributed by atoms with E-state index in [0.717, 1.165) is 11.3 Å². The van der Waals surface area contributed by atoms with Gasteiger partial charge < -0.3 is 5.32 Å². The average Bonchev–Trinajstić information content (AvgIpc) is 2.90. The van der Waals surface area contributed by atoms with Crippen LogP contribution in [0.4, 0.5) is 10.2 Å². The van der Waals surface area contributed by atoms with Crippen molar-refractivity contribution in [3.8, 4) is 11.3 Å². The highest BCUT2D eigenvalue weighted by molar-refractivity contribution is 6.04. The number of pyridine rings is 1. The Hall–Kier alpha value is -3.02. The van der Waals surface area contributed by atoms with Crippen molar-refractivity contribution in [2.45, 2.75) is 0 Å². The number of aryl methyl sites for hydroxylation is 1. The molecule has 110 valence electrons. The first-order chi connectivity index (χ1) is 10.6. The van der Waals surface area contributed by atoms with E-state index in [4.69, 9.17) is 0 Å². The molecule has 0 spiro atoms. The van der Waals surface area contributed by atoms with Gasteiger partial charge in [-0.3, -0.25) is 14.5 Å². The summed E-state index contributed by atoms with van der Waals surface area (Å²) in [6.07, 6.45) is 3.36. The van der Waals surface area contributed by atoms with E-state index < -0.39 is 0 Å². The molecule has 0 unspecified atom stereocenters. The van der Waals surface area contributed by atoms with Crippen LogP contribution in [0, 0.1) is 5.82 Å². The molecule has 3 rings (SSSR count). The van der Waals surface area contributed by atoms with Crippen LogP contribution >= 0.6 is 0 Å². The Morgan fingerprint density at radius 1 is 1.14 bits per heavy atom. The van der Waals surface area contributed by atoms with E-state index in [1.165, 1.54) is 24.3 Å². The fourth-order valence-electron chi connectivity index (χ4n) is 2.04. The third-order valence-corrected chi connectivity index (χ3v) is 3.20. The highest BCUT2D eigenvalue weighted by Crippen LogP contribution is 2.21. The predicted octanol–water partition coefficient (Wildman–Crippen LogP) is 2.87. The van der Waals surface area contributed by atoms with Crippen molar-refractivity contribution < 1.29 is 9.18 Å². The van der Waals surface area contributed by atoms with Crippen molar-refractivity contribution in [2.75, 3.05) is 5.32 Å². The van der Waals surface area contributed by atoms with Crippen LogP contribution in [0.2, 0.25) is 0 Å². The summed E-state index contributed by atoms with van der Waals surface area (Å²) in [4.78, 5) is 16.1. The molecule has 0 aliphatic rings. The normalized spacial score (nSPS) is 10.5. The van der Waals surface area contributed by atoms with Crippen LogP contribution in [0.1, 0.15) is 10.4 Å². The number of nitrogens with zero attached hydrogens (tertiary/aromatic N) is 3. The van der Waals surface area contributed by atoms with E-state index in [1.54, 1.807) is 30.2 Å². The number of carbonyl (C=O) groups is 1. The average molecular weight is 296 g/mol. The van der Waals surface area contributed by atoms with Gasteiger partial charge in [-0.1, -0.05) is 0 Å². The fraction of sp³-hybridized carbons (Fsp3) is 0.0625. The Labute approximate surface area is 126 Å². The zero-order valence-electron chi connectivity index (χ0n) is 11.8. The second kappa shape index (κ2) is 5.77. The van der Waals surface area contributed by atoms with Gasteiger partial charge in [0, 0.05) is 36.6 Å². The molecule has 0 saturated carbocycles. The van der Waals surface area contributed by atoms with Crippen LogP contribution in [-0.4, -0.2) is 20.7 Å². The first kappa shape index (κ1) is 13.9. The molecule has 6 heteroatoms. The predicted molar refractivity (Wildman–Crippen MR) is 80.8 cm³/mol. The molecule has 0 aliphatic carbocycles. The van der Waals surface area contributed by atoms with Gasteiger partial charge in [-0.25, -0.2) is 4.39 Å². The molecule has 1 aromatic carbocycles. The Kier molecular flexibility index (Phi) is 3.65. The second-order valence-corrected chi connectivity index (χ2v) is 4.74. The number of hydrogen-bond donors (Lipinski definition) is 1. The van der Waals surface area contributed by atoms with Gasteiger partial charge in [-0.15, -0.1) is 0 Å². The molecule has 0 atom stereocenters. The lowest BCUT2D eigenvalue weighted by Crippen LogP contribution is -2.14. The molecular formula is C16H13FN4O. The summed E-state index contributed by atoms with van der Waals surface area (Å²) in [5.41, 5.74) is 2.03. The van der Waals surface area contributed by atoms with E-state index in [2.05, 4.69) is 15.4 Å². The molecule has 0 radical (unpaired) electrons. The van der Waals surface area contributed by atoms with Crippen molar-refractivity contribution in [1.29, 1.82) is 0 Å². The van der Waals surface area contributed by atoms with Gasteiger partial charge in [-0.05, 0) is 36.4 Å². The van der Waals surface area contributed by atoms with E-state index in [0.29, 0.717) is 11.4 Å². The van der Waals surface area contributed by atoms with Crippen molar-refractivity contribution in [1.82, 2.24) is 14.8 Å². The highest BCUT2D eigenvalue weighted by Gasteiger charge is 2.11. The van der Waals surface area contributed by atoms with Gasteiger partial charge in [0.2, 0.25) is 0 Å². The van der Waals surface area contributed by atoms with Crippen molar-refractivity contribution in [3.63, 3.8) is 0 Å². The molecule has 0 aliphatic heterocycles. The minimum absolute atomic E-state index is 0.315. The number of benzene rings is 1. The summed E-state index contributed by atoms with van der Waals surface area (Å²) in [7, 11) is 1.74. The molecule has 0 saturated heterocycles. The zero-order valence-corrected chi connectivity index (χ0v) is 11.8. The number of aromatic nitrogens is 3. The number of rotatable bonds is 3. The molecule has 1 amide bonds. The molecule has 22 heavy (non-hydrogen) atoms. The third-order valence-electron chi connectivity index (χ3n) is 3.20. The van der Waals surface area contributed by atoms with Crippen molar-refractivity contribution in [2.24, 2.45) is 7.05 Å². The molecular weight excluding hydrogens is 283 g/mol. The van der Waals surface area contributed by atoms with Crippen LogP contribution < -0.4 is 5.32 Å². The molecule has 0 bridgehead atoms. The van der Waals surface area contributed by atoms with E-state index in [1.807, 2.05) is 12.1 Å². The molecule has 5 nitrogen and oxygen atoms in total. The van der Waals surface area contributed by atoms with Gasteiger partial charge >= 0.3 is 0 Å². The number of amides is 1. The van der Waals surface area contributed by atoms with E-state index in [9.17, 15) is 9.18 Å². The maximum atomic E-state index is 12.9. The third kappa shape index (κ3) is 2.85. The Bertz CT molecular complexity index is 797. The largest absolute Gasteiger partial charge is 0.307 e. The van der Waals surface area contributed by atoms with Crippen LogP contribution in [0.3, 0.4) is 0 Å². The number of halogens is 1. The fourth-order valence-corrected chi connectivity index (χ4v) is 2.04. The van der Waals surface area contributed by atoms with Gasteiger partial charge in [0.1, 0.15) is 11.6 Å². The SMILES string of the molecule is Cn1nc(-c2ccncc2)cc1NC(=O)c1ccc(F)cc1. The Morgan fingerprint density at radius 3 is 2.50 bits per heavy atom. The van der Waals surface area contributed by atoms with Gasteiger partial charge in [0.15, 0.2) is 0 Å². The molecule has 3 aromatic rings. The van der Waals surface area contributed by atoms with Crippen molar-refractivity contribution >= 4 is 11.7 Å². The second-order valence-electron chi connectivity index (χ2n) is 4.74. The molecule has 2 heterocycles. The standard InChI is InChI=1S/C16H13FN4O/c1-21-15(10-14(20-21)11-6-8-18-9-7-11)19-16(22)12-2-4-13(17)5-3-12/h2-10H,1H3,(H,19,22). The molecule has 0 fully saturated rings. The Balaban J connectivity index is 1.82. The van der Waals surface area contributed by atoms with Crippen LogP contribution in [0.15, 0.2) is 54.9 Å². The van der Waals surface area contributed by atoms with Gasteiger partial charge in [0.25, 0.3) is 5.91 Å². The van der Waals surface area contributed by atoms with E-state index >= 15 is 0 Å². The minimum Gasteiger partial charge on any atom is -0.307 e. The smallest absolute Gasteiger partial charge is 0.256 e. The quantitative estimate of drug-likeness (QED) is 0.808. The van der Waals surface area contributed by atoms with Gasteiger partial charge in [0.05, 0.1) is 5.69 Å². The van der Waals surface area contributed by atoms with E-state index in [-0.39, 0.29) is 11.7 Å². The summed E-state index contributed by atoms with van der Waals surface area (Å²) in [5, 5.41) is 7.12. The lowest BCUT2D eigenvalue weighted by atomic mass is 10.2. The number of nitrogens with one attached hydrogen (secondary N) is 1. The Morgan fingerprint density at radius 2 is 1.82 bits per heavy atom. The molecule has 1 N–H and O–H groups in total.